The zero-order valence-corrected chi connectivity index (χ0v) is 44.6. The second-order valence-corrected chi connectivity index (χ2v) is 20.0. The van der Waals surface area contributed by atoms with Gasteiger partial charge in [-0.1, -0.05) is 255 Å². The fourth-order valence-corrected chi connectivity index (χ4v) is 8.76. The third-order valence-electron chi connectivity index (χ3n) is 13.3. The quantitative estimate of drug-likeness (QED) is 0.0321. The molecule has 6 heteroatoms. The van der Waals surface area contributed by atoms with Crippen LogP contribution in [0, 0.1) is 0 Å². The van der Waals surface area contributed by atoms with Gasteiger partial charge in [0.05, 0.1) is 25.4 Å². The number of amides is 1. The molecule has 2 unspecified atom stereocenters. The predicted octanol–water partition coefficient (Wildman–Crippen LogP) is 18.2. The predicted molar refractivity (Wildman–Crippen MR) is 292 cm³/mol. The Morgan fingerprint density at radius 3 is 1.19 bits per heavy atom. The maximum absolute atomic E-state index is 12.4. The fraction of sp³-hybridized carbons (Fsp3) is 0.836. The Labute approximate surface area is 416 Å². The van der Waals surface area contributed by atoms with Gasteiger partial charge in [-0.3, -0.25) is 9.59 Å². The molecule has 0 saturated carbocycles. The highest BCUT2D eigenvalue weighted by atomic mass is 16.5. The molecule has 6 nitrogen and oxygen atoms in total. The van der Waals surface area contributed by atoms with Gasteiger partial charge in [0, 0.05) is 12.8 Å². The van der Waals surface area contributed by atoms with Crippen LogP contribution >= 0.6 is 0 Å². The first-order valence-electron chi connectivity index (χ1n) is 29.4. The lowest BCUT2D eigenvalue weighted by Crippen LogP contribution is -2.45. The van der Waals surface area contributed by atoms with Crippen LogP contribution in [0.1, 0.15) is 303 Å². The van der Waals surface area contributed by atoms with E-state index in [1.807, 2.05) is 6.08 Å². The van der Waals surface area contributed by atoms with Gasteiger partial charge in [-0.25, -0.2) is 0 Å². The van der Waals surface area contributed by atoms with Gasteiger partial charge in [0.15, 0.2) is 0 Å². The number of rotatable bonds is 54. The van der Waals surface area contributed by atoms with E-state index in [4.69, 9.17) is 4.74 Å². The molecule has 0 aliphatic heterocycles. The number of carbonyl (C=O) groups excluding carboxylic acids is 2. The van der Waals surface area contributed by atoms with Gasteiger partial charge in [0.2, 0.25) is 5.91 Å². The molecule has 0 aliphatic carbocycles. The van der Waals surface area contributed by atoms with Gasteiger partial charge in [-0.2, -0.15) is 0 Å². The van der Waals surface area contributed by atoms with Crippen molar-refractivity contribution in [3.63, 3.8) is 0 Å². The highest BCUT2D eigenvalue weighted by Gasteiger charge is 2.18. The molecule has 0 aromatic heterocycles. The number of aliphatic hydroxyl groups excluding tert-OH is 2. The van der Waals surface area contributed by atoms with Crippen LogP contribution in [0.4, 0.5) is 0 Å². The van der Waals surface area contributed by atoms with Crippen molar-refractivity contribution in [2.24, 2.45) is 0 Å². The van der Waals surface area contributed by atoms with E-state index in [2.05, 4.69) is 55.6 Å². The van der Waals surface area contributed by atoms with Crippen LogP contribution < -0.4 is 5.32 Å². The largest absolute Gasteiger partial charge is 0.466 e. The molecule has 0 aromatic rings. The molecule has 0 spiro atoms. The summed E-state index contributed by atoms with van der Waals surface area (Å²) in [7, 11) is 0. The summed E-state index contributed by atoms with van der Waals surface area (Å²) < 4.78 is 5.45. The molecule has 0 radical (unpaired) electrons. The number of unbranched alkanes of at least 4 members (excludes halogenated alkanes) is 37. The molecule has 67 heavy (non-hydrogen) atoms. The summed E-state index contributed by atoms with van der Waals surface area (Å²) >= 11 is 0. The lowest BCUT2D eigenvalue weighted by atomic mass is 10.0. The Hall–Kier alpha value is -2.18. The van der Waals surface area contributed by atoms with Crippen LogP contribution in [0.5, 0.6) is 0 Å². The van der Waals surface area contributed by atoms with Crippen LogP contribution in [0.3, 0.4) is 0 Å². The standard InChI is InChI=1S/C61H113NO5/c1-3-5-7-9-11-13-15-16-30-34-37-41-45-49-53-59(64)58(57-63)62-60(65)54-50-46-42-38-35-31-28-26-24-22-20-18-17-19-21-23-25-27-29-32-36-40-44-48-52-56-67-61(66)55-51-47-43-39-33-14-12-10-8-6-4-2/h10,12,18-21,49,53,58-59,63-64H,3-9,11,13-17,22-48,50-52,54-57H2,1-2H3,(H,62,65)/b12-10-,20-18-,21-19-,53-49+. The number of ether oxygens (including phenoxy) is 1. The first-order valence-corrected chi connectivity index (χ1v) is 29.4. The zero-order valence-electron chi connectivity index (χ0n) is 44.6. The average Bonchev–Trinajstić information content (AvgIpc) is 3.33. The molecule has 1 amide bonds. The van der Waals surface area contributed by atoms with Crippen LogP contribution in [0.25, 0.3) is 0 Å². The highest BCUT2D eigenvalue weighted by Crippen LogP contribution is 2.16. The Bertz CT molecular complexity index is 1130. The SMILES string of the molecule is CCCC/C=C\CCCCCCCC(=O)OCCCCCCCCCCC/C=C\C/C=C\CCCCCCCCCCCC(=O)NC(CO)C(O)/C=C/CCCCCCCCCCCCCC. The van der Waals surface area contributed by atoms with E-state index in [0.717, 1.165) is 51.4 Å². The Morgan fingerprint density at radius 2 is 0.761 bits per heavy atom. The second kappa shape index (κ2) is 56.4. The monoisotopic (exact) mass is 940 g/mol. The molecule has 3 N–H and O–H groups in total. The number of aliphatic hydroxyl groups is 2. The Balaban J connectivity index is 3.47. The third-order valence-corrected chi connectivity index (χ3v) is 13.3. The summed E-state index contributed by atoms with van der Waals surface area (Å²) in [6.07, 6.45) is 71.4. The summed E-state index contributed by atoms with van der Waals surface area (Å²) in [5, 5.41) is 23.1. The molecule has 0 aromatic carbocycles. The minimum atomic E-state index is -0.848. The van der Waals surface area contributed by atoms with Crippen LogP contribution in [0.15, 0.2) is 48.6 Å². The maximum Gasteiger partial charge on any atom is 0.305 e. The minimum Gasteiger partial charge on any atom is -0.466 e. The van der Waals surface area contributed by atoms with E-state index >= 15 is 0 Å². The smallest absolute Gasteiger partial charge is 0.305 e. The minimum absolute atomic E-state index is 0.00317. The van der Waals surface area contributed by atoms with Gasteiger partial charge in [-0.15, -0.1) is 0 Å². The summed E-state index contributed by atoms with van der Waals surface area (Å²) in [4.78, 5) is 24.4. The van der Waals surface area contributed by atoms with E-state index in [0.29, 0.717) is 19.4 Å². The number of nitrogens with one attached hydrogen (secondary N) is 1. The van der Waals surface area contributed by atoms with Crippen LogP contribution in [-0.4, -0.2) is 47.4 Å². The van der Waals surface area contributed by atoms with E-state index in [9.17, 15) is 19.8 Å². The molecule has 0 saturated heterocycles. The van der Waals surface area contributed by atoms with Crippen molar-refractivity contribution in [1.29, 1.82) is 0 Å². The second-order valence-electron chi connectivity index (χ2n) is 20.0. The Morgan fingerprint density at radius 1 is 0.418 bits per heavy atom. The summed E-state index contributed by atoms with van der Waals surface area (Å²) in [5.41, 5.74) is 0. The number of allylic oxidation sites excluding steroid dienone is 7. The third kappa shape index (κ3) is 53.0. The molecule has 0 bridgehead atoms. The lowest BCUT2D eigenvalue weighted by Gasteiger charge is -2.20. The number of hydrogen-bond donors (Lipinski definition) is 3. The average molecular weight is 941 g/mol. The molecular weight excluding hydrogens is 827 g/mol. The number of esters is 1. The number of hydrogen-bond acceptors (Lipinski definition) is 5. The molecule has 0 rings (SSSR count). The molecule has 0 heterocycles. The van der Waals surface area contributed by atoms with Gasteiger partial charge in [0.1, 0.15) is 0 Å². The summed E-state index contributed by atoms with van der Waals surface area (Å²) in [5.74, 6) is -0.0775. The first kappa shape index (κ1) is 64.8. The molecule has 392 valence electrons. The zero-order chi connectivity index (χ0) is 48.6. The van der Waals surface area contributed by atoms with Crippen LogP contribution in [-0.2, 0) is 14.3 Å². The van der Waals surface area contributed by atoms with E-state index in [1.165, 1.54) is 225 Å². The molecule has 0 aliphatic rings. The van der Waals surface area contributed by atoms with Crippen LogP contribution in [0.2, 0.25) is 0 Å². The van der Waals surface area contributed by atoms with Crippen molar-refractivity contribution in [3.05, 3.63) is 48.6 Å². The Kier molecular flexibility index (Phi) is 54.6. The van der Waals surface area contributed by atoms with Gasteiger partial charge >= 0.3 is 5.97 Å². The molecule has 0 fully saturated rings. The van der Waals surface area contributed by atoms with E-state index in [-0.39, 0.29) is 18.5 Å². The van der Waals surface area contributed by atoms with Crippen molar-refractivity contribution in [2.45, 2.75) is 315 Å². The molecule has 2 atom stereocenters. The number of carbonyl (C=O) groups is 2. The normalized spacial score (nSPS) is 13.0. The maximum atomic E-state index is 12.4. The molecular formula is C61H113NO5. The van der Waals surface area contributed by atoms with Crippen molar-refractivity contribution < 1.29 is 24.5 Å². The van der Waals surface area contributed by atoms with Crippen molar-refractivity contribution in [1.82, 2.24) is 5.32 Å². The highest BCUT2D eigenvalue weighted by molar-refractivity contribution is 5.76. The lowest BCUT2D eigenvalue weighted by molar-refractivity contribution is -0.143. The topological polar surface area (TPSA) is 95.9 Å². The van der Waals surface area contributed by atoms with Crippen molar-refractivity contribution in [3.8, 4) is 0 Å². The van der Waals surface area contributed by atoms with Gasteiger partial charge in [0.25, 0.3) is 0 Å². The summed E-state index contributed by atoms with van der Waals surface area (Å²) in [6.45, 7) is 4.86. The van der Waals surface area contributed by atoms with E-state index in [1.54, 1.807) is 6.08 Å². The van der Waals surface area contributed by atoms with Gasteiger partial charge < -0.3 is 20.3 Å². The van der Waals surface area contributed by atoms with Gasteiger partial charge in [-0.05, 0) is 83.5 Å². The van der Waals surface area contributed by atoms with Crippen molar-refractivity contribution >= 4 is 11.9 Å². The summed E-state index contributed by atoms with van der Waals surface area (Å²) in [6, 6.07) is -0.632. The van der Waals surface area contributed by atoms with E-state index < -0.39 is 12.1 Å². The first-order chi connectivity index (χ1) is 33.0. The van der Waals surface area contributed by atoms with Crippen molar-refractivity contribution in [2.75, 3.05) is 13.2 Å². The fourth-order valence-electron chi connectivity index (χ4n) is 8.76.